The van der Waals surface area contributed by atoms with E-state index in [2.05, 4.69) is 17.4 Å². The summed E-state index contributed by atoms with van der Waals surface area (Å²) in [4.78, 5) is 0. The van der Waals surface area contributed by atoms with Gasteiger partial charge in [0, 0.05) is 18.3 Å². The minimum Gasteiger partial charge on any atom is -0.467 e. The molecule has 0 saturated heterocycles. The van der Waals surface area contributed by atoms with Crippen molar-refractivity contribution in [3.05, 3.63) is 53.5 Å². The molecule has 0 saturated carbocycles. The standard InChI is InChI=1S/C17H22N2O2/c18-14-5-6-16-13(11-14)4-7-17(16)19-8-2-9-20-12-15-3-1-10-21-15/h1,3,5-6,10-11,17,19H,2,4,7-9,12,18H2. The number of ether oxygens (including phenoxy) is 1. The minimum absolute atomic E-state index is 0.464. The van der Waals surface area contributed by atoms with Gasteiger partial charge in [-0.2, -0.15) is 0 Å². The van der Waals surface area contributed by atoms with Gasteiger partial charge in [0.05, 0.1) is 6.26 Å². The van der Waals surface area contributed by atoms with Crippen LogP contribution in [0.5, 0.6) is 0 Å². The van der Waals surface area contributed by atoms with E-state index in [1.54, 1.807) is 6.26 Å². The third-order valence-electron chi connectivity index (χ3n) is 3.93. The Bertz CT molecular complexity index is 566. The highest BCUT2D eigenvalue weighted by atomic mass is 16.5. The summed E-state index contributed by atoms with van der Waals surface area (Å²) < 4.78 is 10.8. The number of rotatable bonds is 7. The van der Waals surface area contributed by atoms with E-state index < -0.39 is 0 Å². The lowest BCUT2D eigenvalue weighted by atomic mass is 10.1. The number of fused-ring (bicyclic) bond motifs is 1. The first-order chi connectivity index (χ1) is 10.3. The van der Waals surface area contributed by atoms with Crippen LogP contribution in [0.3, 0.4) is 0 Å². The number of nitrogen functional groups attached to an aromatic ring is 1. The van der Waals surface area contributed by atoms with Crippen molar-refractivity contribution in [3.8, 4) is 0 Å². The van der Waals surface area contributed by atoms with Crippen molar-refractivity contribution in [1.82, 2.24) is 5.32 Å². The van der Waals surface area contributed by atoms with Gasteiger partial charge in [0.1, 0.15) is 12.4 Å². The van der Waals surface area contributed by atoms with Crippen LogP contribution < -0.4 is 11.1 Å². The Morgan fingerprint density at radius 1 is 1.33 bits per heavy atom. The zero-order valence-corrected chi connectivity index (χ0v) is 12.2. The van der Waals surface area contributed by atoms with Crippen molar-refractivity contribution >= 4 is 5.69 Å². The fraction of sp³-hybridized carbons (Fsp3) is 0.412. The van der Waals surface area contributed by atoms with Crippen LogP contribution in [0.2, 0.25) is 0 Å². The van der Waals surface area contributed by atoms with Crippen LogP contribution in [0.1, 0.15) is 35.8 Å². The number of nitrogens with two attached hydrogens (primary N) is 1. The van der Waals surface area contributed by atoms with Gasteiger partial charge in [0.15, 0.2) is 0 Å². The molecule has 1 heterocycles. The van der Waals surface area contributed by atoms with Gasteiger partial charge in [0.25, 0.3) is 0 Å². The normalized spacial score (nSPS) is 17.0. The van der Waals surface area contributed by atoms with Crippen LogP contribution in [0.4, 0.5) is 5.69 Å². The van der Waals surface area contributed by atoms with Gasteiger partial charge in [-0.3, -0.25) is 0 Å². The lowest BCUT2D eigenvalue weighted by molar-refractivity contribution is 0.103. The number of furan rings is 1. The summed E-state index contributed by atoms with van der Waals surface area (Å²) in [5.74, 6) is 0.880. The van der Waals surface area contributed by atoms with Gasteiger partial charge in [-0.25, -0.2) is 0 Å². The smallest absolute Gasteiger partial charge is 0.129 e. The summed E-state index contributed by atoms with van der Waals surface area (Å²) in [6, 6.07) is 10.5. The highest BCUT2D eigenvalue weighted by Gasteiger charge is 2.21. The molecule has 4 heteroatoms. The average Bonchev–Trinajstić information content (AvgIpc) is 3.12. The molecule has 1 unspecified atom stereocenters. The lowest BCUT2D eigenvalue weighted by Gasteiger charge is -2.14. The van der Waals surface area contributed by atoms with E-state index in [-0.39, 0.29) is 0 Å². The molecule has 1 atom stereocenters. The van der Waals surface area contributed by atoms with E-state index >= 15 is 0 Å². The molecule has 3 rings (SSSR count). The fourth-order valence-corrected chi connectivity index (χ4v) is 2.87. The third kappa shape index (κ3) is 3.65. The van der Waals surface area contributed by atoms with Gasteiger partial charge < -0.3 is 20.2 Å². The number of hydrogen-bond donors (Lipinski definition) is 2. The summed E-state index contributed by atoms with van der Waals surface area (Å²) in [5, 5.41) is 3.61. The maximum absolute atomic E-state index is 5.83. The molecule has 0 radical (unpaired) electrons. The average molecular weight is 286 g/mol. The second-order valence-electron chi connectivity index (χ2n) is 5.49. The van der Waals surface area contributed by atoms with Crippen LogP contribution in [0.15, 0.2) is 41.0 Å². The molecule has 0 spiro atoms. The molecule has 1 aromatic carbocycles. The molecule has 1 aliphatic carbocycles. The first-order valence-electron chi connectivity index (χ1n) is 7.55. The molecular weight excluding hydrogens is 264 g/mol. The molecule has 3 N–H and O–H groups in total. The van der Waals surface area contributed by atoms with E-state index in [0.29, 0.717) is 12.6 Å². The van der Waals surface area contributed by atoms with Crippen molar-refractivity contribution < 1.29 is 9.15 Å². The Labute approximate surface area is 125 Å². The summed E-state index contributed by atoms with van der Waals surface area (Å²) in [7, 11) is 0. The Balaban J connectivity index is 1.35. The summed E-state index contributed by atoms with van der Waals surface area (Å²) in [5.41, 5.74) is 9.48. The van der Waals surface area contributed by atoms with E-state index in [9.17, 15) is 0 Å². The topological polar surface area (TPSA) is 60.4 Å². The quantitative estimate of drug-likeness (QED) is 0.606. The molecule has 4 nitrogen and oxygen atoms in total. The molecule has 0 fully saturated rings. The molecular formula is C17H22N2O2. The van der Waals surface area contributed by atoms with Crippen LogP contribution in [-0.2, 0) is 17.8 Å². The molecule has 0 aliphatic heterocycles. The Kier molecular flexibility index (Phi) is 4.58. The summed E-state index contributed by atoms with van der Waals surface area (Å²) >= 11 is 0. The lowest BCUT2D eigenvalue weighted by Crippen LogP contribution is -2.21. The van der Waals surface area contributed by atoms with E-state index in [0.717, 1.165) is 43.9 Å². The van der Waals surface area contributed by atoms with Crippen LogP contribution in [-0.4, -0.2) is 13.2 Å². The van der Waals surface area contributed by atoms with Crippen LogP contribution >= 0.6 is 0 Å². The zero-order valence-electron chi connectivity index (χ0n) is 12.2. The Morgan fingerprint density at radius 2 is 2.29 bits per heavy atom. The summed E-state index contributed by atoms with van der Waals surface area (Å²) in [6.07, 6.45) is 4.95. The number of anilines is 1. The predicted octanol–water partition coefficient (Wildman–Crippen LogP) is 3.05. The number of aryl methyl sites for hydroxylation is 1. The van der Waals surface area contributed by atoms with Gasteiger partial charge >= 0.3 is 0 Å². The highest BCUT2D eigenvalue weighted by Crippen LogP contribution is 2.32. The maximum atomic E-state index is 5.83. The molecule has 1 aromatic heterocycles. The van der Waals surface area contributed by atoms with Crippen molar-refractivity contribution in [1.29, 1.82) is 0 Å². The van der Waals surface area contributed by atoms with Crippen LogP contribution in [0.25, 0.3) is 0 Å². The second-order valence-corrected chi connectivity index (χ2v) is 5.49. The maximum Gasteiger partial charge on any atom is 0.129 e. The number of nitrogens with one attached hydrogen (secondary N) is 1. The third-order valence-corrected chi connectivity index (χ3v) is 3.93. The minimum atomic E-state index is 0.464. The monoisotopic (exact) mass is 286 g/mol. The van der Waals surface area contributed by atoms with Crippen LogP contribution in [0, 0.1) is 0 Å². The Hall–Kier alpha value is -1.78. The van der Waals surface area contributed by atoms with Gasteiger partial charge in [-0.05, 0) is 61.2 Å². The number of hydrogen-bond acceptors (Lipinski definition) is 4. The van der Waals surface area contributed by atoms with E-state index in [4.69, 9.17) is 14.9 Å². The fourth-order valence-electron chi connectivity index (χ4n) is 2.87. The molecule has 21 heavy (non-hydrogen) atoms. The van der Waals surface area contributed by atoms with Crippen molar-refractivity contribution in [2.24, 2.45) is 0 Å². The molecule has 112 valence electrons. The largest absolute Gasteiger partial charge is 0.467 e. The number of benzene rings is 1. The van der Waals surface area contributed by atoms with E-state index in [1.807, 2.05) is 18.2 Å². The SMILES string of the molecule is Nc1ccc2c(c1)CCC2NCCCOCc1ccco1. The van der Waals surface area contributed by atoms with E-state index in [1.165, 1.54) is 11.1 Å². The van der Waals surface area contributed by atoms with Gasteiger partial charge in [-0.1, -0.05) is 6.07 Å². The molecule has 2 aromatic rings. The summed E-state index contributed by atoms with van der Waals surface area (Å²) in [6.45, 7) is 2.26. The van der Waals surface area contributed by atoms with Gasteiger partial charge in [-0.15, -0.1) is 0 Å². The second kappa shape index (κ2) is 6.78. The molecule has 0 bridgehead atoms. The van der Waals surface area contributed by atoms with Crippen molar-refractivity contribution in [3.63, 3.8) is 0 Å². The zero-order chi connectivity index (χ0) is 14.5. The predicted molar refractivity (Wildman–Crippen MR) is 82.9 cm³/mol. The van der Waals surface area contributed by atoms with Gasteiger partial charge in [0.2, 0.25) is 0 Å². The highest BCUT2D eigenvalue weighted by molar-refractivity contribution is 5.47. The van der Waals surface area contributed by atoms with Crippen molar-refractivity contribution in [2.75, 3.05) is 18.9 Å². The first-order valence-corrected chi connectivity index (χ1v) is 7.55. The first kappa shape index (κ1) is 14.2. The molecule has 1 aliphatic rings. The Morgan fingerprint density at radius 3 is 3.14 bits per heavy atom. The van der Waals surface area contributed by atoms with Crippen molar-refractivity contribution in [2.45, 2.75) is 31.9 Å². The molecule has 0 amide bonds.